The van der Waals surface area contributed by atoms with Crippen LogP contribution in [-0.4, -0.2) is 25.8 Å². The summed E-state index contributed by atoms with van der Waals surface area (Å²) in [7, 11) is -3.37. The minimum atomic E-state index is -3.37. The van der Waals surface area contributed by atoms with E-state index < -0.39 is 10.0 Å². The van der Waals surface area contributed by atoms with Gasteiger partial charge in [-0.3, -0.25) is 0 Å². The van der Waals surface area contributed by atoms with Crippen molar-refractivity contribution in [1.82, 2.24) is 4.31 Å². The summed E-state index contributed by atoms with van der Waals surface area (Å²) in [6.07, 6.45) is 1.87. The third kappa shape index (κ3) is 3.21. The zero-order valence-electron chi connectivity index (χ0n) is 12.2. The van der Waals surface area contributed by atoms with Crippen LogP contribution in [0.2, 0.25) is 0 Å². The molecule has 1 aliphatic rings. The summed E-state index contributed by atoms with van der Waals surface area (Å²) in [5.74, 6) is 0.842. The van der Waals surface area contributed by atoms with E-state index in [4.69, 9.17) is 11.6 Å². The van der Waals surface area contributed by atoms with Crippen molar-refractivity contribution in [2.75, 3.05) is 13.1 Å². The molecule has 3 nitrogen and oxygen atoms in total. The van der Waals surface area contributed by atoms with E-state index in [9.17, 15) is 8.42 Å². The largest absolute Gasteiger partial charge is 0.244 e. The summed E-state index contributed by atoms with van der Waals surface area (Å²) >= 11 is 7.24. The first-order chi connectivity index (χ1) is 9.26. The lowest BCUT2D eigenvalue weighted by atomic mass is 9.76. The number of piperidine rings is 1. The third-order valence-corrected chi connectivity index (χ3v) is 7.58. The number of hydrogen-bond donors (Lipinski definition) is 0. The average Bonchev–Trinajstić information content (AvgIpc) is 2.87. The summed E-state index contributed by atoms with van der Waals surface area (Å²) in [6.45, 7) is 7.91. The monoisotopic (exact) mass is 335 g/mol. The Kier molecular flexibility index (Phi) is 4.84. The van der Waals surface area contributed by atoms with Crippen molar-refractivity contribution in [1.29, 1.82) is 0 Å². The van der Waals surface area contributed by atoms with E-state index in [1.807, 2.05) is 0 Å². The van der Waals surface area contributed by atoms with Crippen LogP contribution < -0.4 is 0 Å². The molecule has 1 fully saturated rings. The molecule has 0 aliphatic carbocycles. The molecule has 2 heterocycles. The number of thiophene rings is 1. The zero-order valence-corrected chi connectivity index (χ0v) is 14.6. The van der Waals surface area contributed by atoms with Gasteiger partial charge in [-0.2, -0.15) is 4.31 Å². The normalized spacial score (nSPS) is 19.4. The SMILES string of the molecule is CC(C)(C)C1CCN(S(=O)(=O)c2ccsc2CCl)CC1. The zero-order chi connectivity index (χ0) is 15.0. The van der Waals surface area contributed by atoms with Gasteiger partial charge < -0.3 is 0 Å². The lowest BCUT2D eigenvalue weighted by Crippen LogP contribution is -2.41. The van der Waals surface area contributed by atoms with E-state index in [0.29, 0.717) is 23.9 Å². The van der Waals surface area contributed by atoms with Crippen LogP contribution in [0, 0.1) is 11.3 Å². The molecule has 1 aliphatic heterocycles. The first kappa shape index (κ1) is 16.3. The molecule has 2 rings (SSSR count). The minimum Gasteiger partial charge on any atom is -0.207 e. The standard InChI is InChI=1S/C14H22ClNO2S2/c1-14(2,3)11-4-7-16(8-5-11)20(17,18)13-6-9-19-12(13)10-15/h6,9,11H,4-5,7-8,10H2,1-3H3. The van der Waals surface area contributed by atoms with Gasteiger partial charge in [-0.25, -0.2) is 8.42 Å². The summed E-state index contributed by atoms with van der Waals surface area (Å²) in [5.41, 5.74) is 0.250. The van der Waals surface area contributed by atoms with Gasteiger partial charge >= 0.3 is 0 Å². The van der Waals surface area contributed by atoms with Crippen LogP contribution in [0.4, 0.5) is 0 Å². The fraction of sp³-hybridized carbons (Fsp3) is 0.714. The predicted molar refractivity (Wildman–Crippen MR) is 84.8 cm³/mol. The molecule has 0 atom stereocenters. The Labute approximate surface area is 131 Å². The maximum Gasteiger partial charge on any atom is 0.244 e. The van der Waals surface area contributed by atoms with Crippen LogP contribution in [0.3, 0.4) is 0 Å². The summed E-state index contributed by atoms with van der Waals surface area (Å²) in [5, 5.41) is 1.80. The first-order valence-electron chi connectivity index (χ1n) is 6.89. The highest BCUT2D eigenvalue weighted by atomic mass is 35.5. The smallest absolute Gasteiger partial charge is 0.207 e. The Hall–Kier alpha value is -0.100. The fourth-order valence-electron chi connectivity index (χ4n) is 2.76. The molecule has 0 N–H and O–H groups in total. The molecule has 0 aromatic carbocycles. The van der Waals surface area contributed by atoms with Gasteiger partial charge in [-0.15, -0.1) is 22.9 Å². The molecular formula is C14H22ClNO2S2. The van der Waals surface area contributed by atoms with Crippen molar-refractivity contribution in [3.63, 3.8) is 0 Å². The van der Waals surface area contributed by atoms with Crippen molar-refractivity contribution in [3.05, 3.63) is 16.3 Å². The Morgan fingerprint density at radius 3 is 2.45 bits per heavy atom. The summed E-state index contributed by atoms with van der Waals surface area (Å²) in [6, 6.07) is 1.67. The van der Waals surface area contributed by atoms with Crippen molar-refractivity contribution >= 4 is 33.0 Å². The van der Waals surface area contributed by atoms with Crippen molar-refractivity contribution in [2.24, 2.45) is 11.3 Å². The predicted octanol–water partition coefficient (Wildman–Crippen LogP) is 3.93. The van der Waals surface area contributed by atoms with Gasteiger partial charge in [0.25, 0.3) is 0 Å². The van der Waals surface area contributed by atoms with Crippen LogP contribution in [-0.2, 0) is 15.9 Å². The molecule has 0 unspecified atom stereocenters. The van der Waals surface area contributed by atoms with Crippen LogP contribution in [0.5, 0.6) is 0 Å². The lowest BCUT2D eigenvalue weighted by molar-refractivity contribution is 0.154. The molecule has 1 aromatic rings. The second-order valence-corrected chi connectivity index (χ2v) is 9.56. The molecule has 1 aromatic heterocycles. The summed E-state index contributed by atoms with van der Waals surface area (Å²) in [4.78, 5) is 1.14. The molecule has 20 heavy (non-hydrogen) atoms. The van der Waals surface area contributed by atoms with Gasteiger partial charge in [0, 0.05) is 18.0 Å². The maximum atomic E-state index is 12.7. The Morgan fingerprint density at radius 1 is 1.35 bits per heavy atom. The second kappa shape index (κ2) is 5.95. The molecule has 0 amide bonds. The van der Waals surface area contributed by atoms with Gasteiger partial charge in [0.05, 0.1) is 10.8 Å². The van der Waals surface area contributed by atoms with Crippen LogP contribution >= 0.6 is 22.9 Å². The Bertz CT molecular complexity index is 552. The van der Waals surface area contributed by atoms with Gasteiger partial charge in [-0.1, -0.05) is 20.8 Å². The first-order valence-corrected chi connectivity index (χ1v) is 9.74. The molecule has 0 radical (unpaired) electrons. The number of sulfonamides is 1. The molecule has 6 heteroatoms. The molecular weight excluding hydrogens is 314 g/mol. The minimum absolute atomic E-state index is 0.250. The van der Waals surface area contributed by atoms with E-state index in [1.165, 1.54) is 11.3 Å². The van der Waals surface area contributed by atoms with Crippen LogP contribution in [0.1, 0.15) is 38.5 Å². The Balaban J connectivity index is 2.14. The summed E-state index contributed by atoms with van der Waals surface area (Å²) < 4.78 is 26.9. The van der Waals surface area contributed by atoms with Gasteiger partial charge in [-0.05, 0) is 35.6 Å². The number of nitrogens with zero attached hydrogens (tertiary/aromatic N) is 1. The molecule has 0 spiro atoms. The number of hydrogen-bond acceptors (Lipinski definition) is 3. The average molecular weight is 336 g/mol. The third-order valence-electron chi connectivity index (χ3n) is 4.12. The van der Waals surface area contributed by atoms with E-state index in [0.717, 1.165) is 17.7 Å². The van der Waals surface area contributed by atoms with Crippen LogP contribution in [0.25, 0.3) is 0 Å². The molecule has 0 bridgehead atoms. The van der Waals surface area contributed by atoms with Gasteiger partial charge in [0.2, 0.25) is 10.0 Å². The number of halogens is 1. The highest BCUT2D eigenvalue weighted by Gasteiger charge is 2.34. The lowest BCUT2D eigenvalue weighted by Gasteiger charge is -2.38. The quantitative estimate of drug-likeness (QED) is 0.785. The van der Waals surface area contributed by atoms with E-state index in [1.54, 1.807) is 15.8 Å². The van der Waals surface area contributed by atoms with E-state index in [2.05, 4.69) is 20.8 Å². The maximum absolute atomic E-state index is 12.7. The fourth-order valence-corrected chi connectivity index (χ4v) is 5.90. The highest BCUT2D eigenvalue weighted by molar-refractivity contribution is 7.89. The van der Waals surface area contributed by atoms with Gasteiger partial charge in [0.1, 0.15) is 0 Å². The van der Waals surface area contributed by atoms with Crippen LogP contribution in [0.15, 0.2) is 16.3 Å². The number of alkyl halides is 1. The topological polar surface area (TPSA) is 37.4 Å². The molecule has 114 valence electrons. The van der Waals surface area contributed by atoms with E-state index >= 15 is 0 Å². The van der Waals surface area contributed by atoms with Crippen molar-refractivity contribution in [2.45, 2.75) is 44.4 Å². The molecule has 0 saturated carbocycles. The number of rotatable bonds is 3. The second-order valence-electron chi connectivity index (χ2n) is 6.39. The molecule has 1 saturated heterocycles. The van der Waals surface area contributed by atoms with E-state index in [-0.39, 0.29) is 11.3 Å². The van der Waals surface area contributed by atoms with Crippen molar-refractivity contribution in [3.8, 4) is 0 Å². The van der Waals surface area contributed by atoms with Gasteiger partial charge in [0.15, 0.2) is 0 Å². The van der Waals surface area contributed by atoms with Crippen molar-refractivity contribution < 1.29 is 8.42 Å². The highest BCUT2D eigenvalue weighted by Crippen LogP contribution is 2.36. The Morgan fingerprint density at radius 2 is 1.95 bits per heavy atom.